The molecule has 0 spiro atoms. The molecule has 0 saturated carbocycles. The summed E-state index contributed by atoms with van der Waals surface area (Å²) in [7, 11) is 0. The number of rotatable bonds is 3. The van der Waals surface area contributed by atoms with Crippen molar-refractivity contribution in [2.24, 2.45) is 5.73 Å². The molecule has 100 valence electrons. The summed E-state index contributed by atoms with van der Waals surface area (Å²) in [6.45, 7) is 3.21. The predicted molar refractivity (Wildman–Crippen MR) is 68.2 cm³/mol. The van der Waals surface area contributed by atoms with Gasteiger partial charge in [0.25, 0.3) is 5.91 Å². The summed E-state index contributed by atoms with van der Waals surface area (Å²) in [6.07, 6.45) is 7.09. The first kappa shape index (κ1) is 11.9. The Morgan fingerprint density at radius 3 is 3.11 bits per heavy atom. The van der Waals surface area contributed by atoms with Crippen molar-refractivity contribution in [1.82, 2.24) is 24.0 Å². The minimum atomic E-state index is -0.0509. The molecule has 2 N–H and O–H groups in total. The molecule has 0 unspecified atom stereocenters. The predicted octanol–water partition coefficient (Wildman–Crippen LogP) is -0.306. The van der Waals surface area contributed by atoms with Crippen molar-refractivity contribution in [3.63, 3.8) is 0 Å². The van der Waals surface area contributed by atoms with Crippen molar-refractivity contribution in [3.05, 3.63) is 36.4 Å². The topological polar surface area (TPSA) is 82.0 Å². The molecule has 7 heteroatoms. The Labute approximate surface area is 110 Å². The number of nitrogens with two attached hydrogens (primary N) is 1. The third kappa shape index (κ3) is 2.24. The molecule has 0 aromatic carbocycles. The summed E-state index contributed by atoms with van der Waals surface area (Å²) < 4.78 is 3.90. The Kier molecular flexibility index (Phi) is 3.04. The van der Waals surface area contributed by atoms with Crippen molar-refractivity contribution >= 4 is 5.91 Å². The zero-order valence-corrected chi connectivity index (χ0v) is 10.6. The van der Waals surface area contributed by atoms with E-state index in [4.69, 9.17) is 5.73 Å². The third-order valence-electron chi connectivity index (χ3n) is 3.27. The van der Waals surface area contributed by atoms with Gasteiger partial charge in [-0.15, -0.1) is 0 Å². The number of amides is 1. The molecule has 0 saturated heterocycles. The van der Waals surface area contributed by atoms with E-state index in [1.54, 1.807) is 23.6 Å². The van der Waals surface area contributed by atoms with Crippen LogP contribution in [0.15, 0.2) is 24.9 Å². The number of hydrogen-bond donors (Lipinski definition) is 1. The number of carbonyl (C=O) groups excluding carboxylic acids is 1. The molecule has 1 aliphatic heterocycles. The molecule has 7 nitrogen and oxygen atoms in total. The second-order valence-electron chi connectivity index (χ2n) is 4.55. The molecule has 0 atom stereocenters. The van der Waals surface area contributed by atoms with Crippen molar-refractivity contribution in [3.8, 4) is 0 Å². The Balaban J connectivity index is 1.74. The van der Waals surface area contributed by atoms with Gasteiger partial charge in [-0.05, 0) is 0 Å². The van der Waals surface area contributed by atoms with Gasteiger partial charge in [-0.1, -0.05) is 0 Å². The highest BCUT2D eigenvalue weighted by molar-refractivity contribution is 5.92. The van der Waals surface area contributed by atoms with E-state index in [1.165, 1.54) is 0 Å². The molecule has 2 aromatic rings. The smallest absolute Gasteiger partial charge is 0.274 e. The van der Waals surface area contributed by atoms with Gasteiger partial charge in [0, 0.05) is 44.8 Å². The number of hydrogen-bond acceptors (Lipinski definition) is 4. The molecule has 0 radical (unpaired) electrons. The first-order valence-corrected chi connectivity index (χ1v) is 6.29. The zero-order valence-electron chi connectivity index (χ0n) is 10.6. The number of carbonyl (C=O) groups is 1. The first-order valence-electron chi connectivity index (χ1n) is 6.29. The van der Waals surface area contributed by atoms with Crippen LogP contribution in [0.25, 0.3) is 0 Å². The van der Waals surface area contributed by atoms with E-state index in [0.717, 1.165) is 12.4 Å². The van der Waals surface area contributed by atoms with Crippen LogP contribution in [0, 0.1) is 0 Å². The lowest BCUT2D eigenvalue weighted by molar-refractivity contribution is 0.0702. The monoisotopic (exact) mass is 260 g/mol. The molecular formula is C12H16N6O. The highest BCUT2D eigenvalue weighted by atomic mass is 16.2. The summed E-state index contributed by atoms with van der Waals surface area (Å²) >= 11 is 0. The van der Waals surface area contributed by atoms with E-state index in [9.17, 15) is 4.79 Å². The number of fused-ring (bicyclic) bond motifs is 1. The maximum atomic E-state index is 12.3. The fourth-order valence-electron chi connectivity index (χ4n) is 2.25. The Morgan fingerprint density at radius 2 is 2.26 bits per heavy atom. The second-order valence-corrected chi connectivity index (χ2v) is 4.55. The molecule has 3 heterocycles. The van der Waals surface area contributed by atoms with Crippen molar-refractivity contribution in [1.29, 1.82) is 0 Å². The lowest BCUT2D eigenvalue weighted by Gasteiger charge is -2.26. The quantitative estimate of drug-likeness (QED) is 0.821. The van der Waals surface area contributed by atoms with Crippen LogP contribution < -0.4 is 5.73 Å². The minimum Gasteiger partial charge on any atom is -0.335 e. The summed E-state index contributed by atoms with van der Waals surface area (Å²) in [5.41, 5.74) is 5.94. The van der Waals surface area contributed by atoms with Gasteiger partial charge in [-0.3, -0.25) is 4.79 Å². The minimum absolute atomic E-state index is 0.0509. The van der Waals surface area contributed by atoms with Gasteiger partial charge < -0.3 is 19.8 Å². The number of imidazole rings is 2. The Bertz CT molecular complexity index is 587. The van der Waals surface area contributed by atoms with E-state index in [-0.39, 0.29) is 5.91 Å². The normalized spacial score (nSPS) is 14.5. The SMILES string of the molecule is NCCn1cnc(C(=O)N2CCn3ccnc3C2)c1. The van der Waals surface area contributed by atoms with E-state index in [2.05, 4.69) is 14.5 Å². The van der Waals surface area contributed by atoms with Crippen LogP contribution in [-0.4, -0.2) is 43.0 Å². The molecule has 0 bridgehead atoms. The van der Waals surface area contributed by atoms with Gasteiger partial charge in [-0.2, -0.15) is 0 Å². The van der Waals surface area contributed by atoms with Gasteiger partial charge >= 0.3 is 0 Å². The fraction of sp³-hybridized carbons (Fsp3) is 0.417. The third-order valence-corrected chi connectivity index (χ3v) is 3.27. The molecule has 2 aromatic heterocycles. The highest BCUT2D eigenvalue weighted by Gasteiger charge is 2.23. The van der Waals surface area contributed by atoms with Crippen LogP contribution in [0.3, 0.4) is 0 Å². The van der Waals surface area contributed by atoms with Gasteiger partial charge in [0.2, 0.25) is 0 Å². The summed E-state index contributed by atoms with van der Waals surface area (Å²) in [5.74, 6) is 0.867. The molecule has 1 aliphatic rings. The van der Waals surface area contributed by atoms with E-state index < -0.39 is 0 Å². The first-order chi connectivity index (χ1) is 9.28. The summed E-state index contributed by atoms with van der Waals surface area (Å²) in [5, 5.41) is 0. The van der Waals surface area contributed by atoms with Crippen molar-refractivity contribution < 1.29 is 4.79 Å². The second kappa shape index (κ2) is 4.85. The average Bonchev–Trinajstić information content (AvgIpc) is 3.05. The molecule has 19 heavy (non-hydrogen) atoms. The van der Waals surface area contributed by atoms with Crippen LogP contribution in [-0.2, 0) is 19.6 Å². The maximum Gasteiger partial charge on any atom is 0.274 e. The average molecular weight is 260 g/mol. The summed E-state index contributed by atoms with van der Waals surface area (Å²) in [4.78, 5) is 22.5. The van der Waals surface area contributed by atoms with Gasteiger partial charge in [-0.25, -0.2) is 9.97 Å². The largest absolute Gasteiger partial charge is 0.335 e. The Hall–Kier alpha value is -2.15. The maximum absolute atomic E-state index is 12.3. The van der Waals surface area contributed by atoms with Gasteiger partial charge in [0.1, 0.15) is 11.5 Å². The van der Waals surface area contributed by atoms with E-state index in [1.807, 2.05) is 10.8 Å². The number of aromatic nitrogens is 4. The summed E-state index contributed by atoms with van der Waals surface area (Å²) in [6, 6.07) is 0. The van der Waals surface area contributed by atoms with Gasteiger partial charge in [0.15, 0.2) is 0 Å². The van der Waals surface area contributed by atoms with Crippen molar-refractivity contribution in [2.75, 3.05) is 13.1 Å². The Morgan fingerprint density at radius 1 is 1.37 bits per heavy atom. The lowest BCUT2D eigenvalue weighted by Crippen LogP contribution is -2.38. The molecular weight excluding hydrogens is 244 g/mol. The highest BCUT2D eigenvalue weighted by Crippen LogP contribution is 2.13. The molecule has 1 amide bonds. The lowest BCUT2D eigenvalue weighted by atomic mass is 10.3. The van der Waals surface area contributed by atoms with Crippen LogP contribution in [0.5, 0.6) is 0 Å². The van der Waals surface area contributed by atoms with E-state index >= 15 is 0 Å². The van der Waals surface area contributed by atoms with Gasteiger partial charge in [0.05, 0.1) is 12.9 Å². The standard InChI is InChI=1S/C12H16N6O/c13-1-3-16-7-10(15-9-16)12(19)18-6-5-17-4-2-14-11(17)8-18/h2,4,7,9H,1,3,5-6,8,13H2. The molecule has 0 fully saturated rings. The van der Waals surface area contributed by atoms with Crippen LogP contribution >= 0.6 is 0 Å². The molecule has 3 rings (SSSR count). The fourth-order valence-corrected chi connectivity index (χ4v) is 2.25. The van der Waals surface area contributed by atoms with Crippen LogP contribution in [0.2, 0.25) is 0 Å². The van der Waals surface area contributed by atoms with Crippen molar-refractivity contribution in [2.45, 2.75) is 19.6 Å². The number of nitrogens with zero attached hydrogens (tertiary/aromatic N) is 5. The zero-order chi connectivity index (χ0) is 13.2. The van der Waals surface area contributed by atoms with Crippen LogP contribution in [0.4, 0.5) is 0 Å². The van der Waals surface area contributed by atoms with Crippen LogP contribution in [0.1, 0.15) is 16.3 Å². The molecule has 0 aliphatic carbocycles. The van der Waals surface area contributed by atoms with E-state index in [0.29, 0.717) is 31.9 Å².